The Bertz CT molecular complexity index is 330. The van der Waals surface area contributed by atoms with E-state index in [1.165, 1.54) is 0 Å². The number of amides is 2. The number of nitrogens with two attached hydrogens (primary N) is 1. The lowest BCUT2D eigenvalue weighted by Gasteiger charge is -2.34. The maximum atomic E-state index is 11.9. The molecule has 21 heavy (non-hydrogen) atoms. The SMILES string of the molecule is CCOC(=O)N1CCN(CCC(=O)N(C)CCCN)CC1. The van der Waals surface area contributed by atoms with Crippen molar-refractivity contribution in [1.82, 2.24) is 14.7 Å². The van der Waals surface area contributed by atoms with E-state index in [0.29, 0.717) is 39.2 Å². The maximum Gasteiger partial charge on any atom is 0.409 e. The Morgan fingerprint density at radius 2 is 1.90 bits per heavy atom. The molecule has 1 heterocycles. The Morgan fingerprint density at radius 1 is 1.24 bits per heavy atom. The molecule has 2 amide bonds. The molecule has 0 aromatic heterocycles. The molecule has 2 N–H and O–H groups in total. The summed E-state index contributed by atoms with van der Waals surface area (Å²) in [6.45, 7) is 7.18. The fourth-order valence-electron chi connectivity index (χ4n) is 2.27. The molecule has 7 heteroatoms. The second kappa shape index (κ2) is 9.57. The molecule has 122 valence electrons. The average Bonchev–Trinajstić information content (AvgIpc) is 2.50. The highest BCUT2D eigenvalue weighted by molar-refractivity contribution is 5.76. The van der Waals surface area contributed by atoms with Crippen molar-refractivity contribution < 1.29 is 14.3 Å². The minimum Gasteiger partial charge on any atom is -0.450 e. The highest BCUT2D eigenvalue weighted by Crippen LogP contribution is 2.05. The Balaban J connectivity index is 2.21. The van der Waals surface area contributed by atoms with Gasteiger partial charge in [0.05, 0.1) is 6.61 Å². The van der Waals surface area contributed by atoms with Crippen LogP contribution in [-0.4, -0.2) is 86.2 Å². The van der Waals surface area contributed by atoms with E-state index in [2.05, 4.69) is 4.90 Å². The fourth-order valence-corrected chi connectivity index (χ4v) is 2.27. The van der Waals surface area contributed by atoms with Crippen molar-refractivity contribution in [2.75, 3.05) is 59.5 Å². The molecule has 1 aliphatic heterocycles. The van der Waals surface area contributed by atoms with E-state index in [9.17, 15) is 9.59 Å². The van der Waals surface area contributed by atoms with Gasteiger partial charge >= 0.3 is 6.09 Å². The lowest BCUT2D eigenvalue weighted by Crippen LogP contribution is -2.49. The van der Waals surface area contributed by atoms with E-state index >= 15 is 0 Å². The zero-order valence-corrected chi connectivity index (χ0v) is 13.2. The summed E-state index contributed by atoms with van der Waals surface area (Å²) in [5.41, 5.74) is 5.44. The summed E-state index contributed by atoms with van der Waals surface area (Å²) in [6.07, 6.45) is 1.11. The topological polar surface area (TPSA) is 79.1 Å². The summed E-state index contributed by atoms with van der Waals surface area (Å²) in [7, 11) is 1.82. The van der Waals surface area contributed by atoms with Gasteiger partial charge in [-0.3, -0.25) is 9.69 Å². The fraction of sp³-hybridized carbons (Fsp3) is 0.857. The number of nitrogens with zero attached hydrogens (tertiary/aromatic N) is 3. The Kier molecular flexibility index (Phi) is 8.07. The Labute approximate surface area is 127 Å². The summed E-state index contributed by atoms with van der Waals surface area (Å²) < 4.78 is 4.98. The molecule has 1 saturated heterocycles. The number of carbonyl (C=O) groups is 2. The number of piperazine rings is 1. The van der Waals surface area contributed by atoms with Crippen LogP contribution in [-0.2, 0) is 9.53 Å². The van der Waals surface area contributed by atoms with Gasteiger partial charge in [0, 0.05) is 52.7 Å². The summed E-state index contributed by atoms with van der Waals surface area (Å²) in [6, 6.07) is 0. The Morgan fingerprint density at radius 3 is 2.48 bits per heavy atom. The molecular weight excluding hydrogens is 272 g/mol. The molecule has 1 aliphatic rings. The number of carbonyl (C=O) groups excluding carboxylic acids is 2. The first kappa shape index (κ1) is 17.7. The van der Waals surface area contributed by atoms with Gasteiger partial charge < -0.3 is 20.3 Å². The first-order chi connectivity index (χ1) is 10.1. The van der Waals surface area contributed by atoms with E-state index in [0.717, 1.165) is 26.1 Å². The minimum atomic E-state index is -0.241. The summed E-state index contributed by atoms with van der Waals surface area (Å²) in [5.74, 6) is 0.149. The van der Waals surface area contributed by atoms with Gasteiger partial charge in [0.15, 0.2) is 0 Å². The number of ether oxygens (including phenoxy) is 1. The zero-order valence-electron chi connectivity index (χ0n) is 13.2. The van der Waals surface area contributed by atoms with Gasteiger partial charge in [-0.15, -0.1) is 0 Å². The lowest BCUT2D eigenvalue weighted by molar-refractivity contribution is -0.130. The number of hydrogen-bond donors (Lipinski definition) is 1. The van der Waals surface area contributed by atoms with Crippen LogP contribution in [0.25, 0.3) is 0 Å². The van der Waals surface area contributed by atoms with Crippen molar-refractivity contribution >= 4 is 12.0 Å². The normalized spacial score (nSPS) is 15.9. The molecule has 1 fully saturated rings. The van der Waals surface area contributed by atoms with Crippen molar-refractivity contribution in [1.29, 1.82) is 0 Å². The van der Waals surface area contributed by atoms with E-state index in [1.54, 1.807) is 16.7 Å². The zero-order chi connectivity index (χ0) is 15.7. The van der Waals surface area contributed by atoms with Gasteiger partial charge in [0.1, 0.15) is 0 Å². The molecule has 0 saturated carbocycles. The molecule has 0 unspecified atom stereocenters. The second-order valence-electron chi connectivity index (χ2n) is 5.24. The molecule has 0 aromatic rings. The van der Waals surface area contributed by atoms with Crippen LogP contribution in [0.1, 0.15) is 19.8 Å². The van der Waals surface area contributed by atoms with Crippen LogP contribution >= 0.6 is 0 Å². The quantitative estimate of drug-likeness (QED) is 0.713. The molecular formula is C14H28N4O3. The molecule has 1 rings (SSSR count). The number of hydrogen-bond acceptors (Lipinski definition) is 5. The van der Waals surface area contributed by atoms with Gasteiger partial charge in [0.25, 0.3) is 0 Å². The highest BCUT2D eigenvalue weighted by Gasteiger charge is 2.22. The van der Waals surface area contributed by atoms with Crippen LogP contribution in [0.15, 0.2) is 0 Å². The summed E-state index contributed by atoms with van der Waals surface area (Å²) >= 11 is 0. The van der Waals surface area contributed by atoms with Gasteiger partial charge in [0.2, 0.25) is 5.91 Å². The molecule has 0 radical (unpaired) electrons. The van der Waals surface area contributed by atoms with E-state index in [-0.39, 0.29) is 12.0 Å². The molecule has 7 nitrogen and oxygen atoms in total. The summed E-state index contributed by atoms with van der Waals surface area (Å²) in [4.78, 5) is 29.2. The van der Waals surface area contributed by atoms with E-state index in [4.69, 9.17) is 10.5 Å². The van der Waals surface area contributed by atoms with Gasteiger partial charge in [-0.05, 0) is 19.9 Å². The van der Waals surface area contributed by atoms with Gasteiger partial charge in [-0.2, -0.15) is 0 Å². The van der Waals surface area contributed by atoms with Crippen molar-refractivity contribution in [2.45, 2.75) is 19.8 Å². The van der Waals surface area contributed by atoms with Crippen molar-refractivity contribution in [3.8, 4) is 0 Å². The average molecular weight is 300 g/mol. The monoisotopic (exact) mass is 300 g/mol. The third-order valence-electron chi connectivity index (χ3n) is 3.66. The van der Waals surface area contributed by atoms with Crippen LogP contribution in [0.4, 0.5) is 4.79 Å². The van der Waals surface area contributed by atoms with E-state index in [1.807, 2.05) is 7.05 Å². The molecule has 0 spiro atoms. The highest BCUT2D eigenvalue weighted by atomic mass is 16.6. The standard InChI is InChI=1S/C14H28N4O3/c1-3-21-14(20)18-11-9-17(10-12-18)8-5-13(19)16(2)7-4-6-15/h3-12,15H2,1-2H3. The number of rotatable bonds is 7. The maximum absolute atomic E-state index is 11.9. The van der Waals surface area contributed by atoms with Crippen LogP contribution in [0.5, 0.6) is 0 Å². The van der Waals surface area contributed by atoms with Gasteiger partial charge in [-0.25, -0.2) is 4.79 Å². The van der Waals surface area contributed by atoms with Crippen LogP contribution in [0.3, 0.4) is 0 Å². The van der Waals surface area contributed by atoms with Crippen LogP contribution < -0.4 is 5.73 Å². The molecule has 0 aromatic carbocycles. The largest absolute Gasteiger partial charge is 0.450 e. The third-order valence-corrected chi connectivity index (χ3v) is 3.66. The van der Waals surface area contributed by atoms with Crippen molar-refractivity contribution in [3.05, 3.63) is 0 Å². The first-order valence-electron chi connectivity index (χ1n) is 7.66. The second-order valence-corrected chi connectivity index (χ2v) is 5.24. The predicted molar refractivity (Wildman–Crippen MR) is 81.0 cm³/mol. The van der Waals surface area contributed by atoms with Crippen molar-refractivity contribution in [3.63, 3.8) is 0 Å². The minimum absolute atomic E-state index is 0.149. The van der Waals surface area contributed by atoms with Crippen molar-refractivity contribution in [2.24, 2.45) is 5.73 Å². The van der Waals surface area contributed by atoms with E-state index < -0.39 is 0 Å². The Hall–Kier alpha value is -1.34. The molecule has 0 atom stereocenters. The first-order valence-corrected chi connectivity index (χ1v) is 7.66. The smallest absolute Gasteiger partial charge is 0.409 e. The summed E-state index contributed by atoms with van der Waals surface area (Å²) in [5, 5.41) is 0. The third kappa shape index (κ3) is 6.31. The molecule has 0 bridgehead atoms. The molecule has 0 aliphatic carbocycles. The van der Waals surface area contributed by atoms with Crippen LogP contribution in [0, 0.1) is 0 Å². The predicted octanol–water partition coefficient (Wildman–Crippen LogP) is -0.0422. The van der Waals surface area contributed by atoms with Gasteiger partial charge in [-0.1, -0.05) is 0 Å². The lowest BCUT2D eigenvalue weighted by atomic mass is 10.2. The van der Waals surface area contributed by atoms with Crippen LogP contribution in [0.2, 0.25) is 0 Å².